The van der Waals surface area contributed by atoms with Crippen molar-refractivity contribution >= 4 is 17.9 Å². The van der Waals surface area contributed by atoms with Crippen LogP contribution in [0.5, 0.6) is 0 Å². The quantitative estimate of drug-likeness (QED) is 0.303. The normalized spacial score (nSPS) is 11.4. The van der Waals surface area contributed by atoms with Crippen molar-refractivity contribution in [1.29, 1.82) is 0 Å². The van der Waals surface area contributed by atoms with E-state index in [0.29, 0.717) is 13.2 Å². The number of carbonyl (C=O) groups is 3. The van der Waals surface area contributed by atoms with E-state index in [1.54, 1.807) is 6.08 Å². The van der Waals surface area contributed by atoms with Crippen molar-refractivity contribution < 1.29 is 24.2 Å². The van der Waals surface area contributed by atoms with Gasteiger partial charge in [0.1, 0.15) is 6.04 Å². The number of urea groups is 1. The number of hydrogen-bond acceptors (Lipinski definition) is 4. The number of nitrogens with one attached hydrogen (secondary N) is 2. The molecule has 0 aliphatic rings. The number of hydrogen-bond donors (Lipinski definition) is 4. The number of aliphatic carboxylic acids is 1. The van der Waals surface area contributed by atoms with Gasteiger partial charge < -0.3 is 26.2 Å². The standard InChI is InChI=1S/C12H21N3O5/c1-2-3-7-20-8-6-14-12(19)15-9(11(17)18)4-5-10(13)16/h2,9H,1,3-8H2,(H2,13,16)(H,17,18)(H2,14,15,19)/t9-/m0/s1. The van der Waals surface area contributed by atoms with Gasteiger partial charge >= 0.3 is 12.0 Å². The molecule has 3 amide bonds. The predicted octanol–water partition coefficient (Wildman–Crippen LogP) is -0.403. The predicted molar refractivity (Wildman–Crippen MR) is 72.0 cm³/mol. The molecule has 0 aliphatic carbocycles. The minimum atomic E-state index is -1.22. The third-order valence-electron chi connectivity index (χ3n) is 2.28. The number of primary amides is 1. The van der Waals surface area contributed by atoms with Gasteiger partial charge in [0.05, 0.1) is 13.2 Å². The lowest BCUT2D eigenvalue weighted by molar-refractivity contribution is -0.139. The average molecular weight is 287 g/mol. The van der Waals surface area contributed by atoms with Gasteiger partial charge in [-0.25, -0.2) is 9.59 Å². The second-order valence-corrected chi connectivity index (χ2v) is 3.99. The van der Waals surface area contributed by atoms with E-state index in [4.69, 9.17) is 15.6 Å². The smallest absolute Gasteiger partial charge is 0.326 e. The number of nitrogens with two attached hydrogens (primary N) is 1. The van der Waals surface area contributed by atoms with Gasteiger partial charge in [0.15, 0.2) is 0 Å². The molecule has 5 N–H and O–H groups in total. The molecule has 0 radical (unpaired) electrons. The zero-order valence-corrected chi connectivity index (χ0v) is 11.3. The molecule has 20 heavy (non-hydrogen) atoms. The highest BCUT2D eigenvalue weighted by molar-refractivity contribution is 5.83. The van der Waals surface area contributed by atoms with Crippen molar-refractivity contribution in [3.8, 4) is 0 Å². The highest BCUT2D eigenvalue weighted by atomic mass is 16.5. The van der Waals surface area contributed by atoms with Gasteiger partial charge in [0.2, 0.25) is 5.91 Å². The second kappa shape index (κ2) is 10.8. The Morgan fingerprint density at radius 2 is 2.05 bits per heavy atom. The number of amides is 3. The van der Waals surface area contributed by atoms with Gasteiger partial charge in [-0.3, -0.25) is 4.79 Å². The average Bonchev–Trinajstić information content (AvgIpc) is 2.38. The van der Waals surface area contributed by atoms with Crippen molar-refractivity contribution in [2.45, 2.75) is 25.3 Å². The van der Waals surface area contributed by atoms with Crippen LogP contribution in [-0.2, 0) is 14.3 Å². The number of rotatable bonds is 11. The maximum absolute atomic E-state index is 11.4. The van der Waals surface area contributed by atoms with E-state index in [0.717, 1.165) is 6.42 Å². The summed E-state index contributed by atoms with van der Waals surface area (Å²) >= 11 is 0. The third kappa shape index (κ3) is 9.89. The van der Waals surface area contributed by atoms with Crippen LogP contribution in [0.15, 0.2) is 12.7 Å². The summed E-state index contributed by atoms with van der Waals surface area (Å²) in [6.45, 7) is 4.63. The molecule has 8 heteroatoms. The fraction of sp³-hybridized carbons (Fsp3) is 0.583. The van der Waals surface area contributed by atoms with E-state index in [-0.39, 0.29) is 19.4 Å². The third-order valence-corrected chi connectivity index (χ3v) is 2.28. The molecule has 0 fully saturated rings. The summed E-state index contributed by atoms with van der Waals surface area (Å²) in [5.41, 5.74) is 4.93. The molecule has 8 nitrogen and oxygen atoms in total. The lowest BCUT2D eigenvalue weighted by Gasteiger charge is -2.14. The van der Waals surface area contributed by atoms with Crippen LogP contribution in [0.1, 0.15) is 19.3 Å². The monoisotopic (exact) mass is 287 g/mol. The van der Waals surface area contributed by atoms with E-state index in [9.17, 15) is 14.4 Å². The lowest BCUT2D eigenvalue weighted by Crippen LogP contribution is -2.47. The summed E-state index contributed by atoms with van der Waals surface area (Å²) in [7, 11) is 0. The van der Waals surface area contributed by atoms with Gasteiger partial charge in [0.25, 0.3) is 0 Å². The van der Waals surface area contributed by atoms with Gasteiger partial charge in [-0.05, 0) is 12.8 Å². The van der Waals surface area contributed by atoms with Gasteiger partial charge in [0, 0.05) is 13.0 Å². The molecule has 0 saturated carbocycles. The van der Waals surface area contributed by atoms with Crippen LogP contribution in [0, 0.1) is 0 Å². The van der Waals surface area contributed by atoms with Gasteiger partial charge in [-0.2, -0.15) is 0 Å². The van der Waals surface area contributed by atoms with Crippen LogP contribution >= 0.6 is 0 Å². The Morgan fingerprint density at radius 3 is 2.60 bits per heavy atom. The number of carbonyl (C=O) groups excluding carboxylic acids is 2. The molecule has 114 valence electrons. The SMILES string of the molecule is C=CCCOCCNC(=O)N[C@@H](CCC(N)=O)C(=O)O. The maximum atomic E-state index is 11.4. The summed E-state index contributed by atoms with van der Waals surface area (Å²) in [4.78, 5) is 32.9. The molecule has 0 rings (SSSR count). The Kier molecular flexibility index (Phi) is 9.67. The molecule has 0 heterocycles. The summed E-state index contributed by atoms with van der Waals surface area (Å²) in [5, 5.41) is 13.6. The number of carboxylic acid groups (broad SMARTS) is 1. The summed E-state index contributed by atoms with van der Waals surface area (Å²) in [6, 6.07) is -1.78. The molecule has 0 unspecified atom stereocenters. The van der Waals surface area contributed by atoms with Crippen molar-refractivity contribution in [3.05, 3.63) is 12.7 Å². The fourth-order valence-corrected chi connectivity index (χ4v) is 1.26. The summed E-state index contributed by atoms with van der Waals surface area (Å²) < 4.78 is 5.16. The van der Waals surface area contributed by atoms with E-state index in [2.05, 4.69) is 17.2 Å². The first-order valence-corrected chi connectivity index (χ1v) is 6.21. The zero-order valence-electron chi connectivity index (χ0n) is 11.3. The lowest BCUT2D eigenvalue weighted by atomic mass is 10.1. The molecule has 0 aromatic rings. The largest absolute Gasteiger partial charge is 0.480 e. The molecule has 1 atom stereocenters. The van der Waals surface area contributed by atoms with Crippen LogP contribution in [0.4, 0.5) is 4.79 Å². The Balaban J connectivity index is 3.86. The topological polar surface area (TPSA) is 131 Å². The van der Waals surface area contributed by atoms with Crippen molar-refractivity contribution in [2.24, 2.45) is 5.73 Å². The first-order chi connectivity index (χ1) is 9.47. The van der Waals surface area contributed by atoms with Crippen LogP contribution in [0.25, 0.3) is 0 Å². The summed E-state index contributed by atoms with van der Waals surface area (Å²) in [6.07, 6.45) is 2.28. The molecule has 0 aliphatic heterocycles. The van der Waals surface area contributed by atoms with E-state index < -0.39 is 23.9 Å². The van der Waals surface area contributed by atoms with Crippen molar-refractivity contribution in [3.63, 3.8) is 0 Å². The van der Waals surface area contributed by atoms with Crippen LogP contribution in [-0.4, -0.2) is 48.8 Å². The first-order valence-electron chi connectivity index (χ1n) is 6.21. The molecule has 0 aromatic carbocycles. The van der Waals surface area contributed by atoms with Crippen molar-refractivity contribution in [2.75, 3.05) is 19.8 Å². The Hall–Kier alpha value is -2.09. The highest BCUT2D eigenvalue weighted by Crippen LogP contribution is 1.97. The van der Waals surface area contributed by atoms with Gasteiger partial charge in [-0.1, -0.05) is 6.08 Å². The molecule has 0 bridgehead atoms. The maximum Gasteiger partial charge on any atom is 0.326 e. The minimum Gasteiger partial charge on any atom is -0.480 e. The Labute approximate surface area is 117 Å². The first kappa shape index (κ1) is 17.9. The summed E-state index contributed by atoms with van der Waals surface area (Å²) in [5.74, 6) is -1.84. The second-order valence-electron chi connectivity index (χ2n) is 3.99. The van der Waals surface area contributed by atoms with Crippen molar-refractivity contribution in [1.82, 2.24) is 10.6 Å². The molecular weight excluding hydrogens is 266 g/mol. The van der Waals surface area contributed by atoms with E-state index >= 15 is 0 Å². The van der Waals surface area contributed by atoms with Crippen LogP contribution in [0.2, 0.25) is 0 Å². The highest BCUT2D eigenvalue weighted by Gasteiger charge is 2.20. The van der Waals surface area contributed by atoms with Crippen LogP contribution < -0.4 is 16.4 Å². The van der Waals surface area contributed by atoms with E-state index in [1.165, 1.54) is 0 Å². The molecular formula is C12H21N3O5. The minimum absolute atomic E-state index is 0.0477. The number of ether oxygens (including phenoxy) is 1. The fourth-order valence-electron chi connectivity index (χ4n) is 1.26. The van der Waals surface area contributed by atoms with E-state index in [1.807, 2.05) is 0 Å². The molecule has 0 aromatic heterocycles. The molecule has 0 saturated heterocycles. The zero-order chi connectivity index (χ0) is 15.4. The Morgan fingerprint density at radius 1 is 1.35 bits per heavy atom. The van der Waals surface area contributed by atoms with Crippen LogP contribution in [0.3, 0.4) is 0 Å². The van der Waals surface area contributed by atoms with Gasteiger partial charge in [-0.15, -0.1) is 6.58 Å². The molecule has 0 spiro atoms. The Bertz CT molecular complexity index is 346. The number of carboxylic acids is 1.